The van der Waals surface area contributed by atoms with Gasteiger partial charge < -0.3 is 5.32 Å². The Balaban J connectivity index is 2.05. The maximum absolute atomic E-state index is 12.1. The molecule has 1 N–H and O–H groups in total. The standard InChI is InChI=1S/C19H19NO2/c1-13-7-8-17(11-14(13)2)19(22)9-10-20-18-6-4-5-16(12-18)15(3)21/h4-12,20H,1-3H3/b10-9+. The predicted molar refractivity (Wildman–Crippen MR) is 89.5 cm³/mol. The van der Waals surface area contributed by atoms with E-state index in [0.29, 0.717) is 11.1 Å². The van der Waals surface area contributed by atoms with Crippen molar-refractivity contribution < 1.29 is 9.59 Å². The molecule has 0 aliphatic rings. The van der Waals surface area contributed by atoms with E-state index in [4.69, 9.17) is 0 Å². The topological polar surface area (TPSA) is 46.2 Å². The van der Waals surface area contributed by atoms with Gasteiger partial charge in [-0.15, -0.1) is 0 Å². The summed E-state index contributed by atoms with van der Waals surface area (Å²) in [6.45, 7) is 5.53. The maximum Gasteiger partial charge on any atom is 0.187 e. The van der Waals surface area contributed by atoms with Gasteiger partial charge in [0.05, 0.1) is 0 Å². The molecule has 0 aromatic heterocycles. The number of nitrogens with one attached hydrogen (secondary N) is 1. The second-order valence-electron chi connectivity index (χ2n) is 5.28. The smallest absolute Gasteiger partial charge is 0.187 e. The van der Waals surface area contributed by atoms with Crippen molar-refractivity contribution in [1.29, 1.82) is 0 Å². The monoisotopic (exact) mass is 293 g/mol. The summed E-state index contributed by atoms with van der Waals surface area (Å²) in [5.41, 5.74) is 4.34. The molecule has 0 unspecified atom stereocenters. The summed E-state index contributed by atoms with van der Waals surface area (Å²) in [6.07, 6.45) is 3.08. The second-order valence-corrected chi connectivity index (χ2v) is 5.28. The van der Waals surface area contributed by atoms with Crippen molar-refractivity contribution in [3.63, 3.8) is 0 Å². The highest BCUT2D eigenvalue weighted by molar-refractivity contribution is 6.04. The third-order valence-corrected chi connectivity index (χ3v) is 3.55. The van der Waals surface area contributed by atoms with Crippen LogP contribution >= 0.6 is 0 Å². The van der Waals surface area contributed by atoms with Gasteiger partial charge in [-0.2, -0.15) is 0 Å². The number of allylic oxidation sites excluding steroid dienone is 1. The van der Waals surface area contributed by atoms with Gasteiger partial charge in [0.1, 0.15) is 0 Å². The fourth-order valence-electron chi connectivity index (χ4n) is 2.03. The summed E-state index contributed by atoms with van der Waals surface area (Å²) in [7, 11) is 0. The molecule has 0 aliphatic heterocycles. The highest BCUT2D eigenvalue weighted by Crippen LogP contribution is 2.13. The van der Waals surface area contributed by atoms with Crippen molar-refractivity contribution in [2.75, 3.05) is 5.32 Å². The lowest BCUT2D eigenvalue weighted by atomic mass is 10.0. The molecule has 2 aromatic carbocycles. The first-order valence-corrected chi connectivity index (χ1v) is 7.13. The van der Waals surface area contributed by atoms with Gasteiger partial charge in [-0.1, -0.05) is 24.3 Å². The van der Waals surface area contributed by atoms with E-state index in [1.807, 2.05) is 38.1 Å². The van der Waals surface area contributed by atoms with Gasteiger partial charge in [0.15, 0.2) is 11.6 Å². The number of Topliss-reactive ketones (excluding diaryl/α,β-unsaturated/α-hetero) is 1. The molecular formula is C19H19NO2. The Morgan fingerprint density at radius 2 is 1.73 bits per heavy atom. The van der Waals surface area contributed by atoms with Crippen LogP contribution in [0.4, 0.5) is 5.69 Å². The highest BCUT2D eigenvalue weighted by atomic mass is 16.1. The summed E-state index contributed by atoms with van der Waals surface area (Å²) in [5, 5.41) is 3.01. The third-order valence-electron chi connectivity index (χ3n) is 3.55. The number of carbonyl (C=O) groups excluding carboxylic acids is 2. The van der Waals surface area contributed by atoms with E-state index in [9.17, 15) is 9.59 Å². The summed E-state index contributed by atoms with van der Waals surface area (Å²) >= 11 is 0. The molecule has 3 nitrogen and oxygen atoms in total. The van der Waals surface area contributed by atoms with Gasteiger partial charge in [-0.3, -0.25) is 9.59 Å². The molecular weight excluding hydrogens is 274 g/mol. The maximum atomic E-state index is 12.1. The lowest BCUT2D eigenvalue weighted by Gasteiger charge is -2.03. The number of hydrogen-bond acceptors (Lipinski definition) is 3. The molecule has 2 aromatic rings. The number of anilines is 1. The summed E-state index contributed by atoms with van der Waals surface area (Å²) in [5.74, 6) is -0.0443. The average molecular weight is 293 g/mol. The molecule has 112 valence electrons. The van der Waals surface area contributed by atoms with Crippen LogP contribution in [0, 0.1) is 13.8 Å². The van der Waals surface area contributed by atoms with Crippen molar-refractivity contribution in [1.82, 2.24) is 0 Å². The number of benzene rings is 2. The largest absolute Gasteiger partial charge is 0.362 e. The Morgan fingerprint density at radius 3 is 2.41 bits per heavy atom. The Morgan fingerprint density at radius 1 is 0.955 bits per heavy atom. The van der Waals surface area contributed by atoms with Gasteiger partial charge >= 0.3 is 0 Å². The molecule has 0 aliphatic carbocycles. The van der Waals surface area contributed by atoms with Crippen LogP contribution in [0.1, 0.15) is 38.8 Å². The number of carbonyl (C=O) groups is 2. The van der Waals surface area contributed by atoms with Crippen molar-refractivity contribution in [2.45, 2.75) is 20.8 Å². The van der Waals surface area contributed by atoms with Crippen LogP contribution in [0.2, 0.25) is 0 Å². The van der Waals surface area contributed by atoms with Gasteiger partial charge in [0, 0.05) is 29.1 Å². The minimum absolute atomic E-state index is 0.0128. The molecule has 3 heteroatoms. The Bertz CT molecular complexity index is 745. The van der Waals surface area contributed by atoms with Crippen molar-refractivity contribution in [3.8, 4) is 0 Å². The van der Waals surface area contributed by atoms with Crippen LogP contribution in [0.3, 0.4) is 0 Å². The zero-order chi connectivity index (χ0) is 16.1. The highest BCUT2D eigenvalue weighted by Gasteiger charge is 2.03. The Hall–Kier alpha value is -2.68. The van der Waals surface area contributed by atoms with Crippen LogP contribution in [-0.4, -0.2) is 11.6 Å². The number of hydrogen-bond donors (Lipinski definition) is 1. The third kappa shape index (κ3) is 3.92. The molecule has 0 spiro atoms. The lowest BCUT2D eigenvalue weighted by Crippen LogP contribution is -1.98. The van der Waals surface area contributed by atoms with Crippen molar-refractivity contribution in [2.24, 2.45) is 0 Å². The summed E-state index contributed by atoms with van der Waals surface area (Å²) < 4.78 is 0. The molecule has 0 heterocycles. The molecule has 0 atom stereocenters. The fourth-order valence-corrected chi connectivity index (χ4v) is 2.03. The minimum Gasteiger partial charge on any atom is -0.362 e. The first kappa shape index (κ1) is 15.7. The van der Waals surface area contributed by atoms with E-state index in [1.54, 1.807) is 24.4 Å². The molecule has 0 saturated heterocycles. The van der Waals surface area contributed by atoms with E-state index in [2.05, 4.69) is 5.32 Å². The zero-order valence-corrected chi connectivity index (χ0v) is 13.0. The number of ketones is 2. The molecule has 2 rings (SSSR count). The van der Waals surface area contributed by atoms with Crippen LogP contribution in [0.25, 0.3) is 0 Å². The quantitative estimate of drug-likeness (QED) is 0.660. The Labute approximate surface area is 130 Å². The van der Waals surface area contributed by atoms with Crippen molar-refractivity contribution in [3.05, 3.63) is 77.0 Å². The first-order chi connectivity index (χ1) is 10.5. The van der Waals surface area contributed by atoms with E-state index < -0.39 is 0 Å². The number of rotatable bonds is 5. The molecule has 0 radical (unpaired) electrons. The number of aryl methyl sites for hydroxylation is 2. The fraction of sp³-hybridized carbons (Fsp3) is 0.158. The van der Waals surface area contributed by atoms with Crippen molar-refractivity contribution >= 4 is 17.3 Å². The van der Waals surface area contributed by atoms with E-state index in [1.165, 1.54) is 18.6 Å². The van der Waals surface area contributed by atoms with Crippen LogP contribution in [0.15, 0.2) is 54.7 Å². The van der Waals surface area contributed by atoms with Crippen LogP contribution in [-0.2, 0) is 0 Å². The van der Waals surface area contributed by atoms with E-state index in [-0.39, 0.29) is 11.6 Å². The minimum atomic E-state index is -0.0571. The normalized spacial score (nSPS) is 10.7. The molecule has 0 amide bonds. The van der Waals surface area contributed by atoms with E-state index >= 15 is 0 Å². The second kappa shape index (κ2) is 6.85. The Kier molecular flexibility index (Phi) is 4.89. The van der Waals surface area contributed by atoms with E-state index in [0.717, 1.165) is 11.3 Å². The summed E-state index contributed by atoms with van der Waals surface area (Å²) in [6, 6.07) is 12.8. The predicted octanol–water partition coefficient (Wildman–Crippen LogP) is 4.31. The van der Waals surface area contributed by atoms with Crippen LogP contribution in [0.5, 0.6) is 0 Å². The molecule has 0 bridgehead atoms. The van der Waals surface area contributed by atoms with Gasteiger partial charge in [-0.05, 0) is 50.1 Å². The first-order valence-electron chi connectivity index (χ1n) is 7.13. The lowest BCUT2D eigenvalue weighted by molar-refractivity contribution is 0.101. The average Bonchev–Trinajstić information content (AvgIpc) is 2.50. The van der Waals surface area contributed by atoms with Gasteiger partial charge in [0.2, 0.25) is 0 Å². The SMILES string of the molecule is CC(=O)c1cccc(N/C=C/C(=O)c2ccc(C)c(C)c2)c1. The molecule has 0 fully saturated rings. The van der Waals surface area contributed by atoms with Gasteiger partial charge in [-0.25, -0.2) is 0 Å². The van der Waals surface area contributed by atoms with Gasteiger partial charge in [0.25, 0.3) is 0 Å². The summed E-state index contributed by atoms with van der Waals surface area (Å²) in [4.78, 5) is 23.4. The van der Waals surface area contributed by atoms with Crippen LogP contribution < -0.4 is 5.32 Å². The molecule has 0 saturated carbocycles. The molecule has 22 heavy (non-hydrogen) atoms. The zero-order valence-electron chi connectivity index (χ0n) is 13.0.